The molecule has 11 heteroatoms. The number of fused-ring (bicyclic) bond motifs is 2. The van der Waals surface area contributed by atoms with E-state index in [2.05, 4.69) is 76.0 Å². The number of benzene rings is 2. The molecule has 3 saturated heterocycles. The number of hydrogen-bond donors (Lipinski definition) is 0. The number of morpholine rings is 1. The van der Waals surface area contributed by atoms with Crippen molar-refractivity contribution in [1.29, 1.82) is 5.26 Å². The summed E-state index contributed by atoms with van der Waals surface area (Å²) >= 11 is 0. The molecule has 0 bridgehead atoms. The van der Waals surface area contributed by atoms with Gasteiger partial charge in [-0.25, -0.2) is 0 Å². The average Bonchev–Trinajstić information content (AvgIpc) is 3.54. The number of aromatic nitrogens is 2. The summed E-state index contributed by atoms with van der Waals surface area (Å²) in [6.45, 7) is 10.9. The zero-order chi connectivity index (χ0) is 33.7. The molecule has 2 aromatic carbocycles. The fourth-order valence-corrected chi connectivity index (χ4v) is 7.85. The second-order valence-corrected chi connectivity index (χ2v) is 13.8. The van der Waals surface area contributed by atoms with Crippen LogP contribution in [0.25, 0.3) is 10.8 Å². The van der Waals surface area contributed by atoms with Crippen LogP contribution in [-0.4, -0.2) is 122 Å². The smallest absolute Gasteiger partial charge is 0.318 e. The van der Waals surface area contributed by atoms with Gasteiger partial charge in [0, 0.05) is 74.6 Å². The number of piperazine rings is 1. The maximum atomic E-state index is 13.4. The fraction of sp³-hybridized carbons (Fsp3) is 0.526. The highest BCUT2D eigenvalue weighted by Crippen LogP contribution is 2.36. The molecule has 0 unspecified atom stereocenters. The number of ether oxygens (including phenoxy) is 2. The molecule has 1 aromatic heterocycles. The van der Waals surface area contributed by atoms with Crippen LogP contribution in [0.3, 0.4) is 0 Å². The minimum absolute atomic E-state index is 0.0383. The van der Waals surface area contributed by atoms with Crippen LogP contribution in [0.4, 0.5) is 11.5 Å². The lowest BCUT2D eigenvalue weighted by atomic mass is 9.99. The molecule has 1 amide bonds. The van der Waals surface area contributed by atoms with Crippen LogP contribution in [-0.2, 0) is 22.5 Å². The third-order valence-electron chi connectivity index (χ3n) is 10.7. The van der Waals surface area contributed by atoms with Gasteiger partial charge in [-0.15, -0.1) is 0 Å². The zero-order valence-corrected chi connectivity index (χ0v) is 28.9. The van der Waals surface area contributed by atoms with E-state index >= 15 is 0 Å². The molecule has 7 rings (SSSR count). The van der Waals surface area contributed by atoms with Gasteiger partial charge in [-0.05, 0) is 56.8 Å². The van der Waals surface area contributed by atoms with Gasteiger partial charge in [-0.1, -0.05) is 36.4 Å². The molecule has 3 aromatic rings. The van der Waals surface area contributed by atoms with Gasteiger partial charge in [-0.2, -0.15) is 15.2 Å². The van der Waals surface area contributed by atoms with Gasteiger partial charge in [0.05, 0.1) is 44.0 Å². The number of rotatable bonds is 9. The summed E-state index contributed by atoms with van der Waals surface area (Å²) < 4.78 is 11.8. The number of anilines is 2. The Hall–Kier alpha value is -4.24. The topological polar surface area (TPSA) is 101 Å². The van der Waals surface area contributed by atoms with Crippen LogP contribution >= 0.6 is 0 Å². The first-order valence-electron chi connectivity index (χ1n) is 17.8. The van der Waals surface area contributed by atoms with Gasteiger partial charge in [0.1, 0.15) is 12.4 Å². The highest BCUT2D eigenvalue weighted by molar-refractivity contribution is 5.97. The Labute approximate surface area is 289 Å². The SMILES string of the molecule is Cc1cccc2cccc(N3CCc4c(nc(OC[C@@H]5CCCN5C)nc4N4CCN(C(=O)/C=C/CN5CCOCC5)[C@@H](CC#N)C4)C3)c12. The van der Waals surface area contributed by atoms with Gasteiger partial charge < -0.3 is 29.1 Å². The van der Waals surface area contributed by atoms with Crippen molar-refractivity contribution in [2.24, 2.45) is 0 Å². The van der Waals surface area contributed by atoms with Crippen LogP contribution in [0, 0.1) is 18.3 Å². The second kappa shape index (κ2) is 15.1. The van der Waals surface area contributed by atoms with E-state index in [4.69, 9.17) is 19.4 Å². The highest BCUT2D eigenvalue weighted by Gasteiger charge is 2.34. The summed E-state index contributed by atoms with van der Waals surface area (Å²) in [5.74, 6) is 0.843. The van der Waals surface area contributed by atoms with Crippen LogP contribution in [0.2, 0.25) is 0 Å². The fourth-order valence-electron chi connectivity index (χ4n) is 7.85. The molecular weight excluding hydrogens is 616 g/mol. The molecule has 0 aliphatic carbocycles. The van der Waals surface area contributed by atoms with Gasteiger partial charge in [0.2, 0.25) is 5.91 Å². The number of nitrogens with zero attached hydrogens (tertiary/aromatic N) is 8. The van der Waals surface area contributed by atoms with E-state index in [1.54, 1.807) is 6.08 Å². The van der Waals surface area contributed by atoms with E-state index in [1.807, 2.05) is 11.0 Å². The van der Waals surface area contributed by atoms with Crippen LogP contribution in [0.15, 0.2) is 48.6 Å². The third kappa shape index (κ3) is 7.37. The third-order valence-corrected chi connectivity index (χ3v) is 10.7. The molecule has 49 heavy (non-hydrogen) atoms. The lowest BCUT2D eigenvalue weighted by Crippen LogP contribution is -2.55. The number of carbonyl (C=O) groups excluding carboxylic acids is 1. The summed E-state index contributed by atoms with van der Waals surface area (Å²) in [5.41, 5.74) is 4.61. The van der Waals surface area contributed by atoms with E-state index in [0.717, 1.165) is 75.9 Å². The predicted octanol–water partition coefficient (Wildman–Crippen LogP) is 3.79. The molecule has 11 nitrogen and oxygen atoms in total. The minimum Gasteiger partial charge on any atom is -0.462 e. The van der Waals surface area contributed by atoms with Gasteiger partial charge >= 0.3 is 6.01 Å². The molecule has 4 aliphatic rings. The summed E-state index contributed by atoms with van der Waals surface area (Å²) in [6.07, 6.45) is 6.96. The molecule has 3 fully saturated rings. The maximum absolute atomic E-state index is 13.4. The molecule has 258 valence electrons. The molecule has 2 atom stereocenters. The Morgan fingerprint density at radius 3 is 2.67 bits per heavy atom. The van der Waals surface area contributed by atoms with Crippen molar-refractivity contribution >= 4 is 28.2 Å². The lowest BCUT2D eigenvalue weighted by molar-refractivity contribution is -0.128. The molecule has 0 radical (unpaired) electrons. The summed E-state index contributed by atoms with van der Waals surface area (Å²) in [7, 11) is 2.15. The Bertz CT molecular complexity index is 1710. The second-order valence-electron chi connectivity index (χ2n) is 13.8. The van der Waals surface area contributed by atoms with Crippen LogP contribution < -0.4 is 14.5 Å². The van der Waals surface area contributed by atoms with E-state index in [1.165, 1.54) is 28.4 Å². The minimum atomic E-state index is -0.236. The summed E-state index contributed by atoms with van der Waals surface area (Å²) in [4.78, 5) is 34.7. The Morgan fingerprint density at radius 1 is 1.04 bits per heavy atom. The van der Waals surface area contributed by atoms with Crippen molar-refractivity contribution in [2.45, 2.75) is 51.2 Å². The van der Waals surface area contributed by atoms with Gasteiger partial charge in [0.15, 0.2) is 0 Å². The summed E-state index contributed by atoms with van der Waals surface area (Å²) in [5, 5.41) is 12.3. The Kier molecular flexibility index (Phi) is 10.3. The van der Waals surface area contributed by atoms with E-state index in [9.17, 15) is 10.1 Å². The van der Waals surface area contributed by atoms with Crippen molar-refractivity contribution < 1.29 is 14.3 Å². The van der Waals surface area contributed by atoms with Gasteiger partial charge in [-0.3, -0.25) is 9.69 Å². The van der Waals surface area contributed by atoms with Crippen molar-refractivity contribution in [3.8, 4) is 12.1 Å². The summed E-state index contributed by atoms with van der Waals surface area (Å²) in [6, 6.07) is 15.9. The lowest BCUT2D eigenvalue weighted by Gasteiger charge is -2.42. The number of amides is 1. The number of hydrogen-bond acceptors (Lipinski definition) is 10. The number of carbonyl (C=O) groups is 1. The standard InChI is InChI=1S/C38H48N8O3/c1-28-7-3-8-29-9-4-11-34(36(28)29)44-18-14-32-33(26-44)40-38(49-27-31-10-5-16-42(31)2)41-37(32)45-19-20-46(30(25-45)13-15-39)35(47)12-6-17-43-21-23-48-24-22-43/h3-4,6-9,11-12,30-31H,5,10,13-14,16-27H2,1-2H3/b12-6+/t30-,31-/m0/s1. The molecule has 0 saturated carbocycles. The van der Waals surface area contributed by atoms with E-state index < -0.39 is 0 Å². The quantitative estimate of drug-likeness (QED) is 0.314. The molecule has 0 spiro atoms. The molecule has 0 N–H and O–H groups in total. The average molecular weight is 665 g/mol. The highest BCUT2D eigenvalue weighted by atomic mass is 16.5. The number of likely N-dealkylation sites (tertiary alicyclic amines) is 1. The van der Waals surface area contributed by atoms with Crippen LogP contribution in [0.1, 0.15) is 36.1 Å². The largest absolute Gasteiger partial charge is 0.462 e. The van der Waals surface area contributed by atoms with Gasteiger partial charge in [0.25, 0.3) is 0 Å². The first-order valence-corrected chi connectivity index (χ1v) is 17.8. The monoisotopic (exact) mass is 664 g/mol. The van der Waals surface area contributed by atoms with Crippen molar-refractivity contribution in [3.05, 3.63) is 65.4 Å². The van der Waals surface area contributed by atoms with E-state index in [-0.39, 0.29) is 18.4 Å². The Balaban J connectivity index is 1.14. The predicted molar refractivity (Wildman–Crippen MR) is 191 cm³/mol. The molecular formula is C38H48N8O3. The maximum Gasteiger partial charge on any atom is 0.318 e. The first-order chi connectivity index (χ1) is 24.0. The van der Waals surface area contributed by atoms with Crippen molar-refractivity contribution in [3.63, 3.8) is 0 Å². The Morgan fingerprint density at radius 2 is 1.88 bits per heavy atom. The first kappa shape index (κ1) is 33.3. The number of likely N-dealkylation sites (N-methyl/N-ethyl adjacent to an activating group) is 1. The molecule has 4 aliphatic heterocycles. The number of aryl methyl sites for hydroxylation is 1. The number of nitriles is 1. The van der Waals surface area contributed by atoms with Crippen LogP contribution in [0.5, 0.6) is 6.01 Å². The van der Waals surface area contributed by atoms with Crippen molar-refractivity contribution in [1.82, 2.24) is 24.7 Å². The molecule has 5 heterocycles. The van der Waals surface area contributed by atoms with E-state index in [0.29, 0.717) is 44.8 Å². The van der Waals surface area contributed by atoms with Crippen molar-refractivity contribution in [2.75, 3.05) is 89.0 Å². The zero-order valence-electron chi connectivity index (χ0n) is 28.9. The normalized spacial score (nSPS) is 22.1.